The van der Waals surface area contributed by atoms with Gasteiger partial charge in [0.15, 0.2) is 11.5 Å². The number of ether oxygens (including phenoxy) is 2. The molecule has 31 heavy (non-hydrogen) atoms. The molecular formula is C25H25N3O3. The molecule has 2 aromatic carbocycles. The van der Waals surface area contributed by atoms with Crippen molar-refractivity contribution >= 4 is 16.9 Å². The normalized spacial score (nSPS) is 26.8. The van der Waals surface area contributed by atoms with E-state index in [4.69, 9.17) is 19.4 Å². The van der Waals surface area contributed by atoms with Crippen molar-refractivity contribution in [3.8, 4) is 11.5 Å². The minimum atomic E-state index is -0.690. The number of fused-ring (bicyclic) bond motifs is 7. The van der Waals surface area contributed by atoms with Gasteiger partial charge in [0.2, 0.25) is 12.7 Å². The van der Waals surface area contributed by atoms with Crippen LogP contribution < -0.4 is 14.8 Å². The summed E-state index contributed by atoms with van der Waals surface area (Å²) in [5.74, 6) is 1.50. The lowest BCUT2D eigenvalue weighted by atomic mass is 9.63. The first-order valence-corrected chi connectivity index (χ1v) is 10.8. The Bertz CT molecular complexity index is 1250. The van der Waals surface area contributed by atoms with Crippen molar-refractivity contribution in [3.05, 3.63) is 59.4 Å². The molecule has 1 fully saturated rings. The molecule has 1 N–H and O–H groups in total. The van der Waals surface area contributed by atoms with Gasteiger partial charge in [-0.05, 0) is 48.1 Å². The summed E-state index contributed by atoms with van der Waals surface area (Å²) >= 11 is 0. The van der Waals surface area contributed by atoms with Crippen LogP contribution in [0.3, 0.4) is 0 Å². The van der Waals surface area contributed by atoms with Gasteiger partial charge in [0.1, 0.15) is 0 Å². The average molecular weight is 415 g/mol. The summed E-state index contributed by atoms with van der Waals surface area (Å²) in [6, 6.07) is 13.7. The fourth-order valence-electron chi connectivity index (χ4n) is 5.93. The summed E-state index contributed by atoms with van der Waals surface area (Å²) in [6.45, 7) is 7.32. The molecule has 2 bridgehead atoms. The number of carbonyl (C=O) groups excluding carboxylic acids is 1. The predicted molar refractivity (Wildman–Crippen MR) is 116 cm³/mol. The molecule has 6 nitrogen and oxygen atoms in total. The topological polar surface area (TPSA) is 73.3 Å². The van der Waals surface area contributed by atoms with Crippen LogP contribution >= 0.6 is 0 Å². The van der Waals surface area contributed by atoms with Gasteiger partial charge in [-0.15, -0.1) is 0 Å². The number of benzene rings is 2. The third-order valence-corrected chi connectivity index (χ3v) is 8.22. The van der Waals surface area contributed by atoms with Gasteiger partial charge >= 0.3 is 0 Å². The highest BCUT2D eigenvalue weighted by Gasteiger charge is 2.73. The summed E-state index contributed by atoms with van der Waals surface area (Å²) in [5, 5.41) is 3.21. The minimum Gasteiger partial charge on any atom is -0.454 e. The SMILES string of the molecule is CC1(C)[C@]2(C)CC[C@@]1(C(=O)NCc1ccc3c(c1)OCO3)c1nc3ccccc3nc12. The molecule has 158 valence electrons. The van der Waals surface area contributed by atoms with Crippen LogP contribution in [0.1, 0.15) is 50.6 Å². The molecule has 3 aromatic rings. The van der Waals surface area contributed by atoms with Crippen molar-refractivity contribution in [1.82, 2.24) is 15.3 Å². The first kappa shape index (κ1) is 18.6. The number of amides is 1. The Labute approximate surface area is 181 Å². The van der Waals surface area contributed by atoms with Crippen molar-refractivity contribution in [2.45, 2.75) is 51.0 Å². The average Bonchev–Trinajstić information content (AvgIpc) is 3.36. The largest absolute Gasteiger partial charge is 0.454 e. The Morgan fingerprint density at radius 2 is 1.68 bits per heavy atom. The maximum Gasteiger partial charge on any atom is 0.233 e. The first-order valence-electron chi connectivity index (χ1n) is 10.8. The number of nitrogens with one attached hydrogen (secondary N) is 1. The lowest BCUT2D eigenvalue weighted by Gasteiger charge is -2.39. The molecule has 6 heteroatoms. The van der Waals surface area contributed by atoms with Gasteiger partial charge in [0.05, 0.1) is 27.8 Å². The monoisotopic (exact) mass is 415 g/mol. The first-order chi connectivity index (χ1) is 14.9. The third kappa shape index (κ3) is 2.20. The minimum absolute atomic E-state index is 0.0298. The molecule has 1 amide bonds. The fraction of sp³-hybridized carbons (Fsp3) is 0.400. The van der Waals surface area contributed by atoms with Crippen LogP contribution in [0, 0.1) is 5.41 Å². The maximum atomic E-state index is 13.9. The highest BCUT2D eigenvalue weighted by Crippen LogP contribution is 2.70. The van der Waals surface area contributed by atoms with Crippen LogP contribution in [0.4, 0.5) is 0 Å². The molecule has 2 aliphatic carbocycles. The molecule has 3 aliphatic rings. The van der Waals surface area contributed by atoms with E-state index in [0.717, 1.165) is 52.3 Å². The number of para-hydroxylation sites is 2. The van der Waals surface area contributed by atoms with Gasteiger partial charge in [0, 0.05) is 12.0 Å². The molecule has 0 radical (unpaired) electrons. The van der Waals surface area contributed by atoms with Crippen LogP contribution in [0.5, 0.6) is 11.5 Å². The number of hydrogen-bond acceptors (Lipinski definition) is 5. The Kier molecular flexibility index (Phi) is 3.58. The lowest BCUT2D eigenvalue weighted by Crippen LogP contribution is -2.51. The molecule has 1 aliphatic heterocycles. The Hall–Kier alpha value is -3.15. The van der Waals surface area contributed by atoms with E-state index in [9.17, 15) is 4.79 Å². The predicted octanol–water partition coefficient (Wildman–Crippen LogP) is 4.00. The van der Waals surface area contributed by atoms with Gasteiger partial charge in [-0.3, -0.25) is 4.79 Å². The third-order valence-electron chi connectivity index (χ3n) is 8.22. The van der Waals surface area contributed by atoms with Gasteiger partial charge in [-0.1, -0.05) is 39.0 Å². The van der Waals surface area contributed by atoms with Crippen molar-refractivity contribution < 1.29 is 14.3 Å². The van der Waals surface area contributed by atoms with Crippen molar-refractivity contribution in [1.29, 1.82) is 0 Å². The Balaban J connectivity index is 1.39. The Morgan fingerprint density at radius 3 is 2.45 bits per heavy atom. The van der Waals surface area contributed by atoms with E-state index in [1.54, 1.807) is 0 Å². The highest BCUT2D eigenvalue weighted by molar-refractivity contribution is 5.93. The standard InChI is InChI=1S/C25H25N3O3/c1-23(2)24(3)10-11-25(23,21-20(24)27-16-6-4-5-7-17(16)28-21)22(29)26-13-15-8-9-18-19(12-15)31-14-30-18/h4-9,12H,10-11,13-14H2,1-3H3,(H,26,29)/t24-,25+/m1/s1. The maximum absolute atomic E-state index is 13.9. The molecule has 0 spiro atoms. The summed E-state index contributed by atoms with van der Waals surface area (Å²) < 4.78 is 10.9. The number of nitrogens with zero attached hydrogens (tertiary/aromatic N) is 2. The van der Waals surface area contributed by atoms with Gasteiger partial charge in [-0.25, -0.2) is 9.97 Å². The van der Waals surface area contributed by atoms with E-state index < -0.39 is 5.41 Å². The smallest absolute Gasteiger partial charge is 0.233 e. The summed E-state index contributed by atoms with van der Waals surface area (Å²) in [6.07, 6.45) is 1.71. The number of aromatic nitrogens is 2. The van der Waals surface area contributed by atoms with Crippen LogP contribution in [0.2, 0.25) is 0 Å². The number of hydrogen-bond donors (Lipinski definition) is 1. The second kappa shape index (κ2) is 5.96. The molecule has 1 saturated carbocycles. The van der Waals surface area contributed by atoms with Crippen molar-refractivity contribution in [3.63, 3.8) is 0 Å². The zero-order valence-electron chi connectivity index (χ0n) is 18.0. The molecule has 1 aromatic heterocycles. The second-order valence-corrected chi connectivity index (χ2v) is 9.64. The summed E-state index contributed by atoms with van der Waals surface area (Å²) in [7, 11) is 0. The van der Waals surface area contributed by atoms with Gasteiger partial charge in [0.25, 0.3) is 0 Å². The molecular weight excluding hydrogens is 390 g/mol. The van der Waals surface area contributed by atoms with Crippen LogP contribution in [-0.2, 0) is 22.2 Å². The molecule has 0 unspecified atom stereocenters. The summed E-state index contributed by atoms with van der Waals surface area (Å²) in [4.78, 5) is 23.9. The zero-order valence-corrected chi connectivity index (χ0v) is 18.0. The van der Waals surface area contributed by atoms with E-state index in [1.165, 1.54) is 0 Å². The fourth-order valence-corrected chi connectivity index (χ4v) is 5.93. The second-order valence-electron chi connectivity index (χ2n) is 9.64. The molecule has 0 saturated heterocycles. The van der Waals surface area contributed by atoms with E-state index in [0.29, 0.717) is 6.54 Å². The highest BCUT2D eigenvalue weighted by atomic mass is 16.7. The van der Waals surface area contributed by atoms with Crippen molar-refractivity contribution in [2.75, 3.05) is 6.79 Å². The molecule has 2 heterocycles. The van der Waals surface area contributed by atoms with Crippen LogP contribution in [-0.4, -0.2) is 22.7 Å². The lowest BCUT2D eigenvalue weighted by molar-refractivity contribution is -0.130. The van der Waals surface area contributed by atoms with E-state index >= 15 is 0 Å². The quantitative estimate of drug-likeness (QED) is 0.700. The van der Waals surface area contributed by atoms with Crippen LogP contribution in [0.15, 0.2) is 42.5 Å². The van der Waals surface area contributed by atoms with Crippen LogP contribution in [0.25, 0.3) is 11.0 Å². The van der Waals surface area contributed by atoms with Gasteiger partial charge in [-0.2, -0.15) is 0 Å². The zero-order chi connectivity index (χ0) is 21.4. The number of carbonyl (C=O) groups is 1. The molecule has 2 atom stereocenters. The van der Waals surface area contributed by atoms with Gasteiger partial charge < -0.3 is 14.8 Å². The number of rotatable bonds is 3. The Morgan fingerprint density at radius 1 is 0.968 bits per heavy atom. The molecule has 6 rings (SSSR count). The van der Waals surface area contributed by atoms with E-state index in [1.807, 2.05) is 42.5 Å². The van der Waals surface area contributed by atoms with Crippen molar-refractivity contribution in [2.24, 2.45) is 5.41 Å². The van der Waals surface area contributed by atoms with E-state index in [-0.39, 0.29) is 23.5 Å². The summed E-state index contributed by atoms with van der Waals surface area (Å²) in [5.41, 5.74) is 3.39. The van der Waals surface area contributed by atoms with E-state index in [2.05, 4.69) is 26.1 Å².